The van der Waals surface area contributed by atoms with Crippen LogP contribution in [0.5, 0.6) is 0 Å². The Morgan fingerprint density at radius 3 is 2.32 bits per heavy atom. The summed E-state index contributed by atoms with van der Waals surface area (Å²) in [6, 6.07) is 6.38. The molecule has 19 heavy (non-hydrogen) atoms. The molecule has 0 aliphatic rings. The fourth-order valence-corrected chi connectivity index (χ4v) is 3.32. The first-order chi connectivity index (χ1) is 8.90. The second-order valence-electron chi connectivity index (χ2n) is 4.38. The lowest BCUT2D eigenvalue weighted by Gasteiger charge is -2.15. The number of nitrogens with one attached hydrogen (secondary N) is 1. The normalized spacial score (nSPS) is 13.2. The minimum Gasteiger partial charge on any atom is -0.392 e. The zero-order valence-corrected chi connectivity index (χ0v) is 12.9. The molecule has 1 unspecified atom stereocenters. The summed E-state index contributed by atoms with van der Waals surface area (Å²) in [5, 5.41) is 0. The van der Waals surface area contributed by atoms with Gasteiger partial charge in [0.1, 0.15) is 0 Å². The topological polar surface area (TPSA) is 72.2 Å². The summed E-state index contributed by atoms with van der Waals surface area (Å²) in [6.07, 6.45) is 2.50. The smallest absolute Gasteiger partial charge is 0.241 e. The number of benzene rings is 1. The van der Waals surface area contributed by atoms with Crippen molar-refractivity contribution in [3.63, 3.8) is 0 Å². The number of hydrogen-bond acceptors (Lipinski definition) is 3. The van der Waals surface area contributed by atoms with E-state index < -0.39 is 16.1 Å². The van der Waals surface area contributed by atoms with E-state index in [0.29, 0.717) is 6.42 Å². The van der Waals surface area contributed by atoms with Crippen LogP contribution in [0.2, 0.25) is 0 Å². The van der Waals surface area contributed by atoms with Gasteiger partial charge in [0.15, 0.2) is 0 Å². The van der Waals surface area contributed by atoms with Crippen molar-refractivity contribution >= 4 is 27.2 Å². The van der Waals surface area contributed by atoms with E-state index in [0.717, 1.165) is 18.4 Å². The molecule has 6 heteroatoms. The number of hydrogen-bond donors (Lipinski definition) is 2. The Balaban J connectivity index is 2.90. The Labute approximate surface area is 120 Å². The molecule has 1 aromatic rings. The molecule has 0 aliphatic heterocycles. The molecule has 0 aliphatic carbocycles. The second-order valence-corrected chi connectivity index (χ2v) is 6.56. The highest BCUT2D eigenvalue weighted by molar-refractivity contribution is 7.89. The maximum absolute atomic E-state index is 12.1. The van der Waals surface area contributed by atoms with Crippen LogP contribution in [-0.2, 0) is 16.4 Å². The molecular formula is C13H20N2O2S2. The zero-order chi connectivity index (χ0) is 14.5. The third kappa shape index (κ3) is 4.56. The van der Waals surface area contributed by atoms with Gasteiger partial charge in [-0.1, -0.05) is 44.6 Å². The van der Waals surface area contributed by atoms with Crippen molar-refractivity contribution in [3.8, 4) is 0 Å². The third-order valence-electron chi connectivity index (χ3n) is 2.82. The summed E-state index contributed by atoms with van der Waals surface area (Å²) in [7, 11) is -3.57. The van der Waals surface area contributed by atoms with Crippen LogP contribution in [0.3, 0.4) is 0 Å². The first kappa shape index (κ1) is 16.1. The Morgan fingerprint density at radius 2 is 1.89 bits per heavy atom. The fraction of sp³-hybridized carbons (Fsp3) is 0.462. The van der Waals surface area contributed by atoms with Gasteiger partial charge < -0.3 is 5.73 Å². The van der Waals surface area contributed by atoms with Gasteiger partial charge in [0, 0.05) is 0 Å². The van der Waals surface area contributed by atoms with Crippen molar-refractivity contribution < 1.29 is 8.42 Å². The fourth-order valence-electron chi connectivity index (χ4n) is 1.72. The van der Waals surface area contributed by atoms with Crippen molar-refractivity contribution in [1.82, 2.24) is 4.72 Å². The van der Waals surface area contributed by atoms with E-state index in [2.05, 4.69) is 11.6 Å². The van der Waals surface area contributed by atoms with E-state index in [1.165, 1.54) is 0 Å². The second kappa shape index (κ2) is 6.98. The minimum atomic E-state index is -3.57. The number of aryl methyl sites for hydroxylation is 1. The van der Waals surface area contributed by atoms with Crippen molar-refractivity contribution in [2.75, 3.05) is 0 Å². The van der Waals surface area contributed by atoms with Gasteiger partial charge in [-0.2, -0.15) is 0 Å². The lowest BCUT2D eigenvalue weighted by Crippen LogP contribution is -2.42. The first-order valence-electron chi connectivity index (χ1n) is 6.31. The maximum Gasteiger partial charge on any atom is 0.241 e. The molecule has 1 rings (SSSR count). The summed E-state index contributed by atoms with van der Waals surface area (Å²) in [5.41, 5.74) is 6.63. The van der Waals surface area contributed by atoms with Crippen LogP contribution in [0.4, 0.5) is 0 Å². The molecule has 0 aromatic heterocycles. The summed E-state index contributed by atoms with van der Waals surface area (Å²) in [4.78, 5) is 0.399. The summed E-state index contributed by atoms with van der Waals surface area (Å²) >= 11 is 4.84. The molecule has 1 atom stereocenters. The Hall–Kier alpha value is -0.980. The standard InChI is InChI=1S/C13H20N2O2S2/c1-3-5-10-6-8-11(9-7-10)19(16,17)15-12(4-2)13(14)18/h6-9,12,15H,3-5H2,1-2H3,(H2,14,18). The van der Waals surface area contributed by atoms with E-state index in [4.69, 9.17) is 18.0 Å². The van der Waals surface area contributed by atoms with Gasteiger partial charge >= 0.3 is 0 Å². The molecule has 0 amide bonds. The Bertz CT molecular complexity index is 524. The maximum atomic E-state index is 12.1. The monoisotopic (exact) mass is 300 g/mol. The highest BCUT2D eigenvalue weighted by Gasteiger charge is 2.20. The van der Waals surface area contributed by atoms with Gasteiger partial charge in [0.25, 0.3) is 0 Å². The molecule has 0 bridgehead atoms. The van der Waals surface area contributed by atoms with E-state index in [-0.39, 0.29) is 9.88 Å². The Morgan fingerprint density at radius 1 is 1.32 bits per heavy atom. The summed E-state index contributed by atoms with van der Waals surface area (Å²) in [6.45, 7) is 3.91. The van der Waals surface area contributed by atoms with Crippen molar-refractivity contribution in [3.05, 3.63) is 29.8 Å². The lowest BCUT2D eigenvalue weighted by atomic mass is 10.1. The van der Waals surface area contributed by atoms with Crippen molar-refractivity contribution in [1.29, 1.82) is 0 Å². The van der Waals surface area contributed by atoms with E-state index >= 15 is 0 Å². The average Bonchev–Trinajstić information content (AvgIpc) is 2.37. The van der Waals surface area contributed by atoms with E-state index in [9.17, 15) is 8.42 Å². The predicted molar refractivity (Wildman–Crippen MR) is 81.6 cm³/mol. The number of sulfonamides is 1. The predicted octanol–water partition coefficient (Wildman–Crippen LogP) is 1.98. The number of rotatable bonds is 7. The van der Waals surface area contributed by atoms with Crippen LogP contribution in [0.1, 0.15) is 32.3 Å². The van der Waals surface area contributed by atoms with Crippen LogP contribution in [0.25, 0.3) is 0 Å². The lowest BCUT2D eigenvalue weighted by molar-refractivity contribution is 0.572. The molecule has 106 valence electrons. The summed E-state index contributed by atoms with van der Waals surface area (Å²) in [5.74, 6) is 0. The number of thiocarbonyl (C=S) groups is 1. The van der Waals surface area contributed by atoms with Gasteiger partial charge in [0.2, 0.25) is 10.0 Å². The van der Waals surface area contributed by atoms with E-state index in [1.54, 1.807) is 12.1 Å². The quantitative estimate of drug-likeness (QED) is 0.755. The van der Waals surface area contributed by atoms with Crippen LogP contribution >= 0.6 is 12.2 Å². The molecule has 0 fully saturated rings. The molecule has 0 spiro atoms. The van der Waals surface area contributed by atoms with Gasteiger partial charge in [-0.05, 0) is 30.5 Å². The van der Waals surface area contributed by atoms with Crippen LogP contribution in [0.15, 0.2) is 29.2 Å². The average molecular weight is 300 g/mol. The van der Waals surface area contributed by atoms with Crippen LogP contribution in [-0.4, -0.2) is 19.4 Å². The van der Waals surface area contributed by atoms with Crippen molar-refractivity contribution in [2.45, 2.75) is 44.0 Å². The van der Waals surface area contributed by atoms with Crippen LogP contribution in [0, 0.1) is 0 Å². The summed E-state index contributed by atoms with van der Waals surface area (Å²) < 4.78 is 26.8. The Kier molecular flexibility index (Phi) is 5.90. The van der Waals surface area contributed by atoms with Gasteiger partial charge in [-0.15, -0.1) is 0 Å². The molecule has 0 saturated heterocycles. The van der Waals surface area contributed by atoms with Gasteiger partial charge in [-0.3, -0.25) is 0 Å². The highest BCUT2D eigenvalue weighted by atomic mass is 32.2. The minimum absolute atomic E-state index is 0.161. The largest absolute Gasteiger partial charge is 0.392 e. The zero-order valence-electron chi connectivity index (χ0n) is 11.2. The molecule has 0 heterocycles. The van der Waals surface area contributed by atoms with Gasteiger partial charge in [0.05, 0.1) is 15.9 Å². The highest BCUT2D eigenvalue weighted by Crippen LogP contribution is 2.13. The number of nitrogens with two attached hydrogens (primary N) is 1. The molecular weight excluding hydrogens is 280 g/mol. The molecule has 3 N–H and O–H groups in total. The van der Waals surface area contributed by atoms with E-state index in [1.807, 2.05) is 19.1 Å². The first-order valence-corrected chi connectivity index (χ1v) is 8.20. The molecule has 0 radical (unpaired) electrons. The SMILES string of the molecule is CCCc1ccc(S(=O)(=O)NC(CC)C(N)=S)cc1. The molecule has 0 saturated carbocycles. The van der Waals surface area contributed by atoms with Crippen LogP contribution < -0.4 is 10.5 Å². The molecule has 1 aromatic carbocycles. The molecule has 4 nitrogen and oxygen atoms in total. The third-order valence-corrected chi connectivity index (χ3v) is 4.59. The van der Waals surface area contributed by atoms with Crippen molar-refractivity contribution in [2.24, 2.45) is 5.73 Å². The van der Waals surface area contributed by atoms with Gasteiger partial charge in [-0.25, -0.2) is 13.1 Å².